The predicted octanol–water partition coefficient (Wildman–Crippen LogP) is 3.24. The minimum Gasteiger partial charge on any atom is -0.377 e. The van der Waals surface area contributed by atoms with Crippen molar-refractivity contribution in [3.63, 3.8) is 0 Å². The predicted molar refractivity (Wildman–Crippen MR) is 100 cm³/mol. The Kier molecular flexibility index (Phi) is 5.03. The first-order chi connectivity index (χ1) is 12.1. The third-order valence-corrected chi connectivity index (χ3v) is 4.40. The van der Waals surface area contributed by atoms with E-state index in [1.54, 1.807) is 18.2 Å². The lowest BCUT2D eigenvalue weighted by atomic mass is 10.1. The highest BCUT2D eigenvalue weighted by atomic mass is 16.2. The second kappa shape index (κ2) is 7.38. The van der Waals surface area contributed by atoms with Gasteiger partial charge in [-0.15, -0.1) is 0 Å². The molecule has 25 heavy (non-hydrogen) atoms. The van der Waals surface area contributed by atoms with Crippen LogP contribution in [0.5, 0.6) is 0 Å². The summed E-state index contributed by atoms with van der Waals surface area (Å²) in [6.45, 7) is 1.60. The topological polar surface area (TPSA) is 52.7 Å². The van der Waals surface area contributed by atoms with E-state index in [1.165, 1.54) is 0 Å². The van der Waals surface area contributed by atoms with Gasteiger partial charge >= 0.3 is 0 Å². The molecule has 130 valence electrons. The summed E-state index contributed by atoms with van der Waals surface area (Å²) < 4.78 is 0. The zero-order valence-electron chi connectivity index (χ0n) is 14.7. The van der Waals surface area contributed by atoms with Gasteiger partial charge in [0.2, 0.25) is 0 Å². The number of nitrogens with zero attached hydrogens (tertiary/aromatic N) is 2. The number of likely N-dealkylation sites (tertiary alicyclic amines) is 1. The van der Waals surface area contributed by atoms with Crippen molar-refractivity contribution in [3.8, 4) is 0 Å². The van der Waals surface area contributed by atoms with Gasteiger partial charge in [-0.3, -0.25) is 9.59 Å². The fourth-order valence-corrected chi connectivity index (χ4v) is 3.06. The maximum Gasteiger partial charge on any atom is 0.256 e. The van der Waals surface area contributed by atoms with E-state index in [1.807, 2.05) is 54.2 Å². The first-order valence-electron chi connectivity index (χ1n) is 8.53. The van der Waals surface area contributed by atoms with E-state index in [4.69, 9.17) is 0 Å². The fourth-order valence-electron chi connectivity index (χ4n) is 3.06. The molecule has 5 nitrogen and oxygen atoms in total. The summed E-state index contributed by atoms with van der Waals surface area (Å²) in [5.74, 6) is -0.158. The van der Waals surface area contributed by atoms with Crippen LogP contribution < -0.4 is 10.2 Å². The maximum atomic E-state index is 12.9. The van der Waals surface area contributed by atoms with Crippen LogP contribution in [0.4, 0.5) is 11.4 Å². The zero-order valence-corrected chi connectivity index (χ0v) is 14.7. The van der Waals surface area contributed by atoms with Crippen LogP contribution in [-0.2, 0) is 0 Å². The SMILES string of the molecule is CN(C)c1ccc(NC(=O)c2ccccc2)cc1C(=O)N1CCCC1. The van der Waals surface area contributed by atoms with Gasteiger partial charge in [-0.2, -0.15) is 0 Å². The number of rotatable bonds is 4. The summed E-state index contributed by atoms with van der Waals surface area (Å²) in [6, 6.07) is 14.5. The fraction of sp³-hybridized carbons (Fsp3) is 0.300. The van der Waals surface area contributed by atoms with Gasteiger partial charge in [0.15, 0.2) is 0 Å². The highest BCUT2D eigenvalue weighted by molar-refractivity contribution is 6.06. The minimum absolute atomic E-state index is 0.0250. The molecule has 1 aliphatic rings. The average molecular weight is 337 g/mol. The average Bonchev–Trinajstić information content (AvgIpc) is 3.16. The minimum atomic E-state index is -0.183. The van der Waals surface area contributed by atoms with Crippen molar-refractivity contribution in [1.29, 1.82) is 0 Å². The summed E-state index contributed by atoms with van der Waals surface area (Å²) in [5.41, 5.74) is 2.70. The van der Waals surface area contributed by atoms with E-state index in [2.05, 4.69) is 5.32 Å². The number of benzene rings is 2. The van der Waals surface area contributed by atoms with Crippen molar-refractivity contribution < 1.29 is 9.59 Å². The molecule has 5 heteroatoms. The van der Waals surface area contributed by atoms with E-state index in [9.17, 15) is 9.59 Å². The summed E-state index contributed by atoms with van der Waals surface area (Å²) in [5, 5.41) is 2.88. The van der Waals surface area contributed by atoms with E-state index < -0.39 is 0 Å². The first kappa shape index (κ1) is 17.0. The molecule has 1 N–H and O–H groups in total. The third-order valence-electron chi connectivity index (χ3n) is 4.40. The van der Waals surface area contributed by atoms with Crippen molar-refractivity contribution in [3.05, 3.63) is 59.7 Å². The van der Waals surface area contributed by atoms with Crippen LogP contribution in [0.1, 0.15) is 33.6 Å². The Hall–Kier alpha value is -2.82. The molecule has 0 saturated carbocycles. The van der Waals surface area contributed by atoms with E-state index in [-0.39, 0.29) is 11.8 Å². The number of hydrogen-bond donors (Lipinski definition) is 1. The Morgan fingerprint density at radius 2 is 1.68 bits per heavy atom. The number of anilines is 2. The molecule has 0 spiro atoms. The van der Waals surface area contributed by atoms with Gasteiger partial charge in [0, 0.05) is 44.1 Å². The molecule has 0 bridgehead atoms. The lowest BCUT2D eigenvalue weighted by Crippen LogP contribution is -2.29. The van der Waals surface area contributed by atoms with Crippen LogP contribution in [0.15, 0.2) is 48.5 Å². The molecule has 0 unspecified atom stereocenters. The second-order valence-electron chi connectivity index (χ2n) is 6.45. The van der Waals surface area contributed by atoms with Crippen molar-refractivity contribution in [2.45, 2.75) is 12.8 Å². The normalized spacial score (nSPS) is 13.6. The summed E-state index contributed by atoms with van der Waals surface area (Å²) in [6.07, 6.45) is 2.10. The Balaban J connectivity index is 1.87. The molecule has 2 amide bonds. The molecule has 1 aliphatic heterocycles. The molecule has 0 aliphatic carbocycles. The van der Waals surface area contributed by atoms with Gasteiger partial charge in [0.1, 0.15) is 0 Å². The molecule has 0 radical (unpaired) electrons. The third kappa shape index (κ3) is 3.82. The Morgan fingerprint density at radius 3 is 2.32 bits per heavy atom. The monoisotopic (exact) mass is 337 g/mol. The Bertz CT molecular complexity index is 766. The Labute approximate surface area is 148 Å². The maximum absolute atomic E-state index is 12.9. The molecule has 3 rings (SSSR count). The molecular weight excluding hydrogens is 314 g/mol. The number of hydrogen-bond acceptors (Lipinski definition) is 3. The van der Waals surface area contributed by atoms with Crippen LogP contribution in [0.25, 0.3) is 0 Å². The van der Waals surface area contributed by atoms with Gasteiger partial charge < -0.3 is 15.1 Å². The van der Waals surface area contributed by atoms with Gasteiger partial charge in [0.25, 0.3) is 11.8 Å². The van der Waals surface area contributed by atoms with Crippen LogP contribution in [0, 0.1) is 0 Å². The molecule has 2 aromatic rings. The molecule has 1 heterocycles. The highest BCUT2D eigenvalue weighted by Gasteiger charge is 2.23. The standard InChI is InChI=1S/C20H23N3O2/c1-22(2)18-11-10-16(21-19(24)15-8-4-3-5-9-15)14-17(18)20(25)23-12-6-7-13-23/h3-5,8-11,14H,6-7,12-13H2,1-2H3,(H,21,24). The number of nitrogens with one attached hydrogen (secondary N) is 1. The molecule has 2 aromatic carbocycles. The van der Waals surface area contributed by atoms with Crippen molar-refractivity contribution >= 4 is 23.2 Å². The molecule has 1 saturated heterocycles. The second-order valence-corrected chi connectivity index (χ2v) is 6.45. The summed E-state index contributed by atoms with van der Waals surface area (Å²) in [4.78, 5) is 29.0. The molecule has 0 aromatic heterocycles. The van der Waals surface area contributed by atoms with Crippen molar-refractivity contribution in [1.82, 2.24) is 4.90 Å². The van der Waals surface area contributed by atoms with Crippen LogP contribution in [0.3, 0.4) is 0 Å². The molecular formula is C20H23N3O2. The van der Waals surface area contributed by atoms with Crippen molar-refractivity contribution in [2.75, 3.05) is 37.4 Å². The number of carbonyl (C=O) groups is 2. The largest absolute Gasteiger partial charge is 0.377 e. The van der Waals surface area contributed by atoms with Gasteiger partial charge in [0.05, 0.1) is 5.56 Å². The van der Waals surface area contributed by atoms with E-state index in [0.717, 1.165) is 31.6 Å². The van der Waals surface area contributed by atoms with Gasteiger partial charge in [-0.05, 0) is 43.2 Å². The van der Waals surface area contributed by atoms with E-state index in [0.29, 0.717) is 16.8 Å². The summed E-state index contributed by atoms with van der Waals surface area (Å²) >= 11 is 0. The number of carbonyl (C=O) groups excluding carboxylic acids is 2. The highest BCUT2D eigenvalue weighted by Crippen LogP contribution is 2.26. The molecule has 0 atom stereocenters. The summed E-state index contributed by atoms with van der Waals surface area (Å²) in [7, 11) is 3.83. The zero-order chi connectivity index (χ0) is 17.8. The lowest BCUT2D eigenvalue weighted by Gasteiger charge is -2.22. The van der Waals surface area contributed by atoms with Crippen molar-refractivity contribution in [2.24, 2.45) is 0 Å². The lowest BCUT2D eigenvalue weighted by molar-refractivity contribution is 0.0793. The quantitative estimate of drug-likeness (QED) is 0.932. The van der Waals surface area contributed by atoms with Crippen LogP contribution in [-0.4, -0.2) is 43.9 Å². The Morgan fingerprint density at radius 1 is 1.00 bits per heavy atom. The van der Waals surface area contributed by atoms with Crippen LogP contribution >= 0.6 is 0 Å². The first-order valence-corrected chi connectivity index (χ1v) is 8.53. The van der Waals surface area contributed by atoms with E-state index >= 15 is 0 Å². The number of amides is 2. The van der Waals surface area contributed by atoms with Gasteiger partial charge in [-0.1, -0.05) is 18.2 Å². The van der Waals surface area contributed by atoms with Crippen LogP contribution in [0.2, 0.25) is 0 Å². The molecule has 1 fully saturated rings. The smallest absolute Gasteiger partial charge is 0.256 e. The van der Waals surface area contributed by atoms with Gasteiger partial charge in [-0.25, -0.2) is 0 Å².